The lowest BCUT2D eigenvalue weighted by Gasteiger charge is -2.33. The molecule has 1 aromatic rings. The van der Waals surface area contributed by atoms with Crippen LogP contribution in [0.5, 0.6) is 5.75 Å². The second-order valence-electron chi connectivity index (χ2n) is 6.12. The molecule has 1 saturated heterocycles. The quantitative estimate of drug-likeness (QED) is 0.732. The van der Waals surface area contributed by atoms with Crippen LogP contribution in [0.4, 0.5) is 10.5 Å². The first-order valence-electron chi connectivity index (χ1n) is 9.25. The summed E-state index contributed by atoms with van der Waals surface area (Å²) in [5.74, 6) is 0.738. The second-order valence-corrected chi connectivity index (χ2v) is 6.12. The van der Waals surface area contributed by atoms with E-state index in [1.165, 1.54) is 6.42 Å². The van der Waals surface area contributed by atoms with E-state index in [0.717, 1.165) is 38.1 Å². The van der Waals surface area contributed by atoms with Crippen molar-refractivity contribution in [2.45, 2.75) is 45.8 Å². The van der Waals surface area contributed by atoms with Gasteiger partial charge in [-0.25, -0.2) is 4.79 Å². The van der Waals surface area contributed by atoms with Crippen molar-refractivity contribution in [3.63, 3.8) is 0 Å². The van der Waals surface area contributed by atoms with Gasteiger partial charge in [-0.1, -0.05) is 19.4 Å². The van der Waals surface area contributed by atoms with Crippen LogP contribution in [0.3, 0.4) is 0 Å². The third-order valence-corrected chi connectivity index (χ3v) is 4.06. The van der Waals surface area contributed by atoms with E-state index in [-0.39, 0.29) is 6.23 Å². The van der Waals surface area contributed by atoms with Gasteiger partial charge >= 0.3 is 6.09 Å². The summed E-state index contributed by atoms with van der Waals surface area (Å²) in [6.45, 7) is 7.51. The number of nitrogens with zero attached hydrogens (tertiary/aromatic N) is 1. The van der Waals surface area contributed by atoms with Crippen molar-refractivity contribution in [1.82, 2.24) is 4.90 Å². The maximum Gasteiger partial charge on any atom is 0.413 e. The van der Waals surface area contributed by atoms with Crippen LogP contribution in [0.25, 0.3) is 0 Å². The average Bonchev–Trinajstić information content (AvgIpc) is 2.64. The highest BCUT2D eigenvalue weighted by Crippen LogP contribution is 2.19. The van der Waals surface area contributed by atoms with Crippen molar-refractivity contribution in [3.8, 4) is 5.75 Å². The molecule has 0 aromatic heterocycles. The maximum absolute atomic E-state index is 12.3. The van der Waals surface area contributed by atoms with Crippen molar-refractivity contribution in [3.05, 3.63) is 24.3 Å². The van der Waals surface area contributed by atoms with E-state index in [1.807, 2.05) is 25.1 Å². The molecule has 6 nitrogen and oxygen atoms in total. The molecule has 1 fully saturated rings. The number of rotatable bonds is 9. The summed E-state index contributed by atoms with van der Waals surface area (Å²) in [7, 11) is 0. The molecule has 1 heterocycles. The van der Waals surface area contributed by atoms with Gasteiger partial charge in [0.25, 0.3) is 0 Å². The van der Waals surface area contributed by atoms with Crippen molar-refractivity contribution >= 4 is 11.8 Å². The molecule has 0 aliphatic carbocycles. The molecule has 0 radical (unpaired) electrons. The van der Waals surface area contributed by atoms with Crippen molar-refractivity contribution in [1.29, 1.82) is 0 Å². The van der Waals surface area contributed by atoms with E-state index >= 15 is 0 Å². The fourth-order valence-electron chi connectivity index (χ4n) is 2.79. The smallest absolute Gasteiger partial charge is 0.413 e. The van der Waals surface area contributed by atoms with Gasteiger partial charge in [-0.15, -0.1) is 0 Å². The summed E-state index contributed by atoms with van der Waals surface area (Å²) >= 11 is 0. The molecule has 0 bridgehead atoms. The molecule has 1 aliphatic rings. The van der Waals surface area contributed by atoms with Crippen LogP contribution in [0.2, 0.25) is 0 Å². The van der Waals surface area contributed by atoms with Crippen LogP contribution < -0.4 is 10.1 Å². The molecule has 0 spiro atoms. The van der Waals surface area contributed by atoms with Gasteiger partial charge in [-0.2, -0.15) is 0 Å². The molecule has 2 rings (SSSR count). The second kappa shape index (κ2) is 10.9. The lowest BCUT2D eigenvalue weighted by molar-refractivity contribution is -0.0664. The Morgan fingerprint density at radius 1 is 1.24 bits per heavy atom. The highest BCUT2D eigenvalue weighted by atomic mass is 16.6. The SMILES string of the molecule is CCCOc1cccc(NC(=O)OC(COCC)N2CCCCC2)c1. The number of piperidine rings is 1. The van der Waals surface area contributed by atoms with Crippen molar-refractivity contribution < 1.29 is 19.0 Å². The summed E-state index contributed by atoms with van der Waals surface area (Å²) in [5.41, 5.74) is 0.660. The highest BCUT2D eigenvalue weighted by molar-refractivity contribution is 5.84. The molecule has 1 N–H and O–H groups in total. The van der Waals surface area contributed by atoms with Gasteiger partial charge < -0.3 is 14.2 Å². The molecule has 1 unspecified atom stereocenters. The number of ether oxygens (including phenoxy) is 3. The van der Waals surface area contributed by atoms with E-state index in [2.05, 4.69) is 17.1 Å². The standard InChI is InChI=1S/C19H30N2O4/c1-3-13-24-17-10-8-9-16(14-17)20-19(22)25-18(15-23-4-2)21-11-6-5-7-12-21/h8-10,14,18H,3-7,11-13,15H2,1-2H3,(H,20,22). The van der Waals surface area contributed by atoms with E-state index in [0.29, 0.717) is 25.5 Å². The van der Waals surface area contributed by atoms with Gasteiger partial charge in [0.15, 0.2) is 6.23 Å². The Balaban J connectivity index is 1.91. The Hall–Kier alpha value is -1.79. The van der Waals surface area contributed by atoms with Crippen LogP contribution in [-0.2, 0) is 9.47 Å². The van der Waals surface area contributed by atoms with Crippen molar-refractivity contribution in [2.24, 2.45) is 0 Å². The molecule has 1 aliphatic heterocycles. The predicted molar refractivity (Wildman–Crippen MR) is 98.0 cm³/mol. The Kier molecular flexibility index (Phi) is 8.55. The number of carbonyl (C=O) groups excluding carboxylic acids is 1. The van der Waals surface area contributed by atoms with Crippen LogP contribution in [-0.4, -0.2) is 50.1 Å². The van der Waals surface area contributed by atoms with Gasteiger partial charge in [-0.3, -0.25) is 10.2 Å². The van der Waals surface area contributed by atoms with Gasteiger partial charge in [0.05, 0.1) is 13.2 Å². The molecular weight excluding hydrogens is 320 g/mol. The zero-order valence-corrected chi connectivity index (χ0v) is 15.3. The summed E-state index contributed by atoms with van der Waals surface area (Å²) in [4.78, 5) is 14.5. The maximum atomic E-state index is 12.3. The van der Waals surface area contributed by atoms with Crippen LogP contribution in [0, 0.1) is 0 Å². The summed E-state index contributed by atoms with van der Waals surface area (Å²) < 4.78 is 16.7. The predicted octanol–water partition coefficient (Wildman–Crippen LogP) is 3.87. The topological polar surface area (TPSA) is 60.0 Å². The largest absolute Gasteiger partial charge is 0.494 e. The van der Waals surface area contributed by atoms with Crippen molar-refractivity contribution in [2.75, 3.05) is 38.2 Å². The third kappa shape index (κ3) is 6.92. The summed E-state index contributed by atoms with van der Waals surface area (Å²) in [5, 5.41) is 2.78. The normalized spacial score (nSPS) is 16.2. The number of benzene rings is 1. The molecule has 1 atom stereocenters. The first-order valence-corrected chi connectivity index (χ1v) is 9.25. The third-order valence-electron chi connectivity index (χ3n) is 4.06. The minimum atomic E-state index is -0.470. The van der Waals surface area contributed by atoms with E-state index in [1.54, 1.807) is 6.07 Å². The molecule has 140 valence electrons. The Morgan fingerprint density at radius 3 is 2.76 bits per heavy atom. The monoisotopic (exact) mass is 350 g/mol. The fourth-order valence-corrected chi connectivity index (χ4v) is 2.79. The number of nitrogens with one attached hydrogen (secondary N) is 1. The summed E-state index contributed by atoms with van der Waals surface area (Å²) in [6.07, 6.45) is 3.61. The minimum absolute atomic E-state index is 0.347. The van der Waals surface area contributed by atoms with Gasteiger partial charge in [-0.05, 0) is 38.3 Å². The number of hydrogen-bond donors (Lipinski definition) is 1. The molecular formula is C19H30N2O4. The summed E-state index contributed by atoms with van der Waals surface area (Å²) in [6, 6.07) is 7.34. The van der Waals surface area contributed by atoms with E-state index in [4.69, 9.17) is 14.2 Å². The number of anilines is 1. The molecule has 6 heteroatoms. The van der Waals surface area contributed by atoms with Gasteiger partial charge in [0.1, 0.15) is 5.75 Å². The molecule has 1 amide bonds. The Morgan fingerprint density at radius 2 is 2.04 bits per heavy atom. The fraction of sp³-hybridized carbons (Fsp3) is 0.632. The van der Waals surface area contributed by atoms with Gasteiger partial charge in [0.2, 0.25) is 0 Å². The zero-order valence-electron chi connectivity index (χ0n) is 15.3. The molecule has 0 saturated carbocycles. The molecule has 1 aromatic carbocycles. The first kappa shape index (κ1) is 19.5. The average molecular weight is 350 g/mol. The van der Waals surface area contributed by atoms with E-state index in [9.17, 15) is 4.79 Å². The highest BCUT2D eigenvalue weighted by Gasteiger charge is 2.24. The van der Waals surface area contributed by atoms with Crippen LogP contribution in [0.1, 0.15) is 39.5 Å². The van der Waals surface area contributed by atoms with Crippen LogP contribution >= 0.6 is 0 Å². The number of hydrogen-bond acceptors (Lipinski definition) is 5. The Bertz CT molecular complexity index is 518. The number of likely N-dealkylation sites (tertiary alicyclic amines) is 1. The number of carbonyl (C=O) groups is 1. The zero-order chi connectivity index (χ0) is 17.9. The lowest BCUT2D eigenvalue weighted by atomic mass is 10.1. The number of amides is 1. The van der Waals surface area contributed by atoms with E-state index < -0.39 is 6.09 Å². The van der Waals surface area contributed by atoms with Crippen LogP contribution in [0.15, 0.2) is 24.3 Å². The lowest BCUT2D eigenvalue weighted by Crippen LogP contribution is -2.45. The Labute approximate surface area is 150 Å². The molecule has 25 heavy (non-hydrogen) atoms. The minimum Gasteiger partial charge on any atom is -0.494 e. The van der Waals surface area contributed by atoms with Gasteiger partial charge in [0, 0.05) is 31.5 Å². The first-order chi connectivity index (χ1) is 12.2.